The zero-order valence-electron chi connectivity index (χ0n) is 14.0. The monoisotopic (exact) mass is 429 g/mol. The molecule has 0 aliphatic carbocycles. The number of H-pyrrole nitrogens is 1. The molecule has 0 bridgehead atoms. The molecule has 0 saturated carbocycles. The maximum absolute atomic E-state index is 9.67. The molecule has 146 valence electrons. The van der Waals surface area contributed by atoms with E-state index in [-0.39, 0.29) is 0 Å². The molecule has 0 atom stereocenters. The highest BCUT2D eigenvalue weighted by Gasteiger charge is 2.12. The van der Waals surface area contributed by atoms with Crippen LogP contribution in [0.25, 0.3) is 22.6 Å². The van der Waals surface area contributed by atoms with Crippen LogP contribution >= 0.6 is 23.2 Å². The minimum atomic E-state index is -3.67. The molecule has 0 amide bonds. The Hall–Kier alpha value is -2.65. The summed E-state index contributed by atoms with van der Waals surface area (Å²) in [6.07, 6.45) is 3.36. The number of pyridine rings is 1. The smallest absolute Gasteiger partial charge is 0.379 e. The van der Waals surface area contributed by atoms with Gasteiger partial charge in [0.15, 0.2) is 5.76 Å². The number of tetrazole rings is 1. The summed E-state index contributed by atoms with van der Waals surface area (Å²) in [4.78, 5) is 4.09. The van der Waals surface area contributed by atoms with Crippen LogP contribution in [0.3, 0.4) is 0 Å². The van der Waals surface area contributed by atoms with E-state index < -0.39 is 6.68 Å². The number of nitrogens with one attached hydrogen (secondary N) is 1. The van der Waals surface area contributed by atoms with Gasteiger partial charge < -0.3 is 4.42 Å². The third-order valence-corrected chi connectivity index (χ3v) is 4.30. The average Bonchev–Trinajstić information content (AvgIpc) is 3.29. The van der Waals surface area contributed by atoms with Crippen molar-refractivity contribution in [1.82, 2.24) is 25.6 Å². The topological polar surface area (TPSA) is 80.5 Å². The first-order valence-corrected chi connectivity index (χ1v) is 8.66. The number of hydrogen-bond donors (Lipinski definition) is 1. The fraction of sp³-hybridized carbons (Fsp3) is 0.176. The first-order chi connectivity index (χ1) is 13.4. The van der Waals surface area contributed by atoms with Crippen molar-refractivity contribution >= 4 is 34.2 Å². The molecule has 0 spiro atoms. The van der Waals surface area contributed by atoms with Crippen molar-refractivity contribution in [2.24, 2.45) is 0 Å². The van der Waals surface area contributed by atoms with Crippen molar-refractivity contribution in [3.8, 4) is 11.6 Å². The highest BCUT2D eigenvalue weighted by Crippen LogP contribution is 2.30. The fourth-order valence-electron chi connectivity index (χ4n) is 2.50. The van der Waals surface area contributed by atoms with E-state index in [9.17, 15) is 13.2 Å². The van der Waals surface area contributed by atoms with Gasteiger partial charge in [-0.05, 0) is 53.4 Å². The van der Waals surface area contributed by atoms with E-state index in [1.165, 1.54) is 0 Å². The standard InChI is InChI=1S/C16H11Cl2N5O.CHF3/c17-12-5-11-7-14(16-20-22-23-21-16)24-13(11)6-10(12)3-1-9-2-4-15(18)19-8-9;2-1(3)4/h2,4-8H,1,3H2,(H,20,21,22,23);1H. The SMILES string of the molecule is Clc1ccc(CCc2cc3oc(-c4nn[nH]n4)cc3cc2Cl)cn1.FC(F)F. The van der Waals surface area contributed by atoms with Crippen molar-refractivity contribution in [2.45, 2.75) is 19.5 Å². The zero-order valence-corrected chi connectivity index (χ0v) is 15.6. The first-order valence-electron chi connectivity index (χ1n) is 7.91. The molecular weight excluding hydrogens is 418 g/mol. The summed E-state index contributed by atoms with van der Waals surface area (Å²) >= 11 is 12.2. The molecule has 3 heterocycles. The summed E-state index contributed by atoms with van der Waals surface area (Å²) in [5, 5.41) is 15.9. The van der Waals surface area contributed by atoms with Gasteiger partial charge in [0.1, 0.15) is 10.7 Å². The normalized spacial score (nSPS) is 10.9. The number of fused-ring (bicyclic) bond motifs is 1. The molecule has 1 aromatic carbocycles. The zero-order chi connectivity index (χ0) is 20.1. The van der Waals surface area contributed by atoms with E-state index in [1.807, 2.05) is 24.3 Å². The number of alkyl halides is 3. The molecule has 0 unspecified atom stereocenters. The quantitative estimate of drug-likeness (QED) is 0.446. The molecule has 28 heavy (non-hydrogen) atoms. The number of aromatic nitrogens is 5. The summed E-state index contributed by atoms with van der Waals surface area (Å²) in [6.45, 7) is -3.67. The second-order valence-electron chi connectivity index (χ2n) is 5.56. The number of nitrogens with zero attached hydrogens (tertiary/aromatic N) is 4. The molecule has 0 aliphatic heterocycles. The lowest BCUT2D eigenvalue weighted by Gasteiger charge is -2.05. The van der Waals surface area contributed by atoms with Gasteiger partial charge in [-0.3, -0.25) is 0 Å². The number of benzene rings is 1. The highest BCUT2D eigenvalue weighted by molar-refractivity contribution is 6.32. The van der Waals surface area contributed by atoms with E-state index in [0.717, 1.165) is 34.9 Å². The molecule has 0 aliphatic rings. The molecule has 3 aromatic heterocycles. The lowest BCUT2D eigenvalue weighted by molar-refractivity contribution is 0.00819. The van der Waals surface area contributed by atoms with Crippen molar-refractivity contribution in [2.75, 3.05) is 0 Å². The van der Waals surface area contributed by atoms with E-state index >= 15 is 0 Å². The average molecular weight is 430 g/mol. The molecule has 1 N–H and O–H groups in total. The molecule has 0 radical (unpaired) electrons. The van der Waals surface area contributed by atoms with Crippen LogP contribution in [0.15, 0.2) is 40.9 Å². The Morgan fingerprint density at radius 3 is 2.50 bits per heavy atom. The van der Waals surface area contributed by atoms with Gasteiger partial charge in [0.05, 0.1) is 0 Å². The first kappa shape index (κ1) is 20.1. The van der Waals surface area contributed by atoms with Crippen LogP contribution in [0.2, 0.25) is 10.2 Å². The predicted molar refractivity (Wildman–Crippen MR) is 98.2 cm³/mol. The maximum atomic E-state index is 9.67. The predicted octanol–water partition coefficient (Wildman–Crippen LogP) is 5.28. The van der Waals surface area contributed by atoms with Crippen LogP contribution in [-0.2, 0) is 12.8 Å². The van der Waals surface area contributed by atoms with Gasteiger partial charge in [0.2, 0.25) is 5.82 Å². The Labute approximate surface area is 166 Å². The Bertz CT molecular complexity index is 1040. The molecule has 6 nitrogen and oxygen atoms in total. The highest BCUT2D eigenvalue weighted by atomic mass is 35.5. The molecule has 0 fully saturated rings. The van der Waals surface area contributed by atoms with Gasteiger partial charge in [0, 0.05) is 16.6 Å². The van der Waals surface area contributed by atoms with Crippen molar-refractivity contribution in [3.05, 3.63) is 57.8 Å². The fourth-order valence-corrected chi connectivity index (χ4v) is 2.88. The van der Waals surface area contributed by atoms with Crippen LogP contribution in [0, 0.1) is 0 Å². The van der Waals surface area contributed by atoms with Crippen molar-refractivity contribution in [3.63, 3.8) is 0 Å². The maximum Gasteiger partial charge on any atom is 0.379 e. The third-order valence-electron chi connectivity index (χ3n) is 3.72. The summed E-state index contributed by atoms with van der Waals surface area (Å²) < 4.78 is 34.8. The molecule has 4 aromatic rings. The third kappa shape index (κ3) is 5.20. The van der Waals surface area contributed by atoms with E-state index in [0.29, 0.717) is 21.8 Å². The van der Waals surface area contributed by atoms with Crippen LogP contribution in [0.4, 0.5) is 13.2 Å². The lowest BCUT2D eigenvalue weighted by atomic mass is 10.0. The van der Waals surface area contributed by atoms with Crippen LogP contribution in [-0.4, -0.2) is 32.3 Å². The minimum Gasteiger partial charge on any atom is -0.453 e. The Balaban J connectivity index is 0.000000516. The second-order valence-corrected chi connectivity index (χ2v) is 6.36. The van der Waals surface area contributed by atoms with Crippen LogP contribution < -0.4 is 0 Å². The summed E-state index contributed by atoms with van der Waals surface area (Å²) in [5.41, 5.74) is 2.85. The molecule has 4 rings (SSSR count). The number of aromatic amines is 1. The molecule has 11 heteroatoms. The lowest BCUT2D eigenvalue weighted by Crippen LogP contribution is -1.93. The van der Waals surface area contributed by atoms with Gasteiger partial charge in [-0.2, -0.15) is 18.4 Å². The van der Waals surface area contributed by atoms with Gasteiger partial charge in [0.25, 0.3) is 0 Å². The van der Waals surface area contributed by atoms with E-state index in [1.54, 1.807) is 12.3 Å². The summed E-state index contributed by atoms with van der Waals surface area (Å²) in [5.74, 6) is 0.963. The van der Waals surface area contributed by atoms with Gasteiger partial charge >= 0.3 is 6.68 Å². The minimum absolute atomic E-state index is 0.413. The number of aryl methyl sites for hydroxylation is 2. The van der Waals surface area contributed by atoms with Crippen LogP contribution in [0.1, 0.15) is 11.1 Å². The van der Waals surface area contributed by atoms with Crippen molar-refractivity contribution in [1.29, 1.82) is 0 Å². The summed E-state index contributed by atoms with van der Waals surface area (Å²) in [6, 6.07) is 9.43. The van der Waals surface area contributed by atoms with Crippen LogP contribution in [0.5, 0.6) is 0 Å². The number of furan rings is 1. The van der Waals surface area contributed by atoms with Gasteiger partial charge in [-0.1, -0.05) is 29.3 Å². The largest absolute Gasteiger partial charge is 0.453 e. The Kier molecular flexibility index (Phi) is 6.48. The molecular formula is C17H12Cl2F3N5O. The van der Waals surface area contributed by atoms with E-state index in [2.05, 4.69) is 25.6 Å². The Morgan fingerprint density at radius 1 is 1.07 bits per heavy atom. The van der Waals surface area contributed by atoms with E-state index in [4.69, 9.17) is 27.6 Å². The summed E-state index contributed by atoms with van der Waals surface area (Å²) in [7, 11) is 0. The van der Waals surface area contributed by atoms with Crippen molar-refractivity contribution < 1.29 is 17.6 Å². The number of halogens is 5. The van der Waals surface area contributed by atoms with Gasteiger partial charge in [-0.25, -0.2) is 4.98 Å². The second kappa shape index (κ2) is 9.03. The number of rotatable bonds is 4. The van der Waals surface area contributed by atoms with Gasteiger partial charge in [-0.15, -0.1) is 10.2 Å². The Morgan fingerprint density at radius 2 is 1.86 bits per heavy atom. The number of hydrogen-bond acceptors (Lipinski definition) is 5. The molecule has 0 saturated heterocycles.